The van der Waals surface area contributed by atoms with Crippen molar-refractivity contribution in [1.82, 2.24) is 20.0 Å². The number of imide groups is 2. The van der Waals surface area contributed by atoms with Crippen LogP contribution in [0.25, 0.3) is 0 Å². The highest BCUT2D eigenvalue weighted by atomic mass is 19.1. The molecule has 1 aliphatic carbocycles. The van der Waals surface area contributed by atoms with Gasteiger partial charge in [-0.25, -0.2) is 4.39 Å². The van der Waals surface area contributed by atoms with Crippen molar-refractivity contribution in [3.8, 4) is 5.75 Å². The number of anilines is 1. The van der Waals surface area contributed by atoms with Crippen LogP contribution in [0, 0.1) is 11.2 Å². The Kier molecular flexibility index (Phi) is 9.15. The van der Waals surface area contributed by atoms with Gasteiger partial charge in [-0.05, 0) is 132 Å². The zero-order valence-electron chi connectivity index (χ0n) is 32.8. The Labute approximate surface area is 341 Å². The predicted octanol–water partition coefficient (Wildman–Crippen LogP) is 5.63. The Hall–Kier alpha value is -5.88. The quantitative estimate of drug-likeness (QED) is 0.241. The summed E-state index contributed by atoms with van der Waals surface area (Å²) in [5.41, 5.74) is 8.37. The number of hydrogen-bond donors (Lipinski definition) is 2. The summed E-state index contributed by atoms with van der Waals surface area (Å²) in [6, 6.07) is 24.0. The van der Waals surface area contributed by atoms with Crippen molar-refractivity contribution in [3.63, 3.8) is 0 Å². The maximum absolute atomic E-state index is 13.9. The highest BCUT2D eigenvalue weighted by molar-refractivity contribution is 6.23. The molecule has 0 bridgehead atoms. The van der Waals surface area contributed by atoms with Crippen LogP contribution in [0.3, 0.4) is 0 Å². The van der Waals surface area contributed by atoms with Crippen LogP contribution >= 0.6 is 0 Å². The molecule has 10 rings (SSSR count). The first-order valence-electron chi connectivity index (χ1n) is 20.8. The molecular formula is C47H46FN5O6. The molecule has 5 aliphatic heterocycles. The SMILES string of the molecule is O=C1CCC(N2C(=O)c3cc4c(cc3C2=O)CN(CC(=O)N2CCC3(CC2)CCN(c2ccc([C@@H]5c6ccc(O)cc6CC[C@@H]5c5ccc(F)cc5)cc2)C3)C4)C(=O)N1. The van der Waals surface area contributed by atoms with Crippen LogP contribution in [0.4, 0.5) is 10.1 Å². The molecule has 2 N–H and O–H groups in total. The van der Waals surface area contributed by atoms with E-state index in [-0.39, 0.29) is 65.2 Å². The van der Waals surface area contributed by atoms with Gasteiger partial charge >= 0.3 is 0 Å². The Morgan fingerprint density at radius 3 is 2.10 bits per heavy atom. The van der Waals surface area contributed by atoms with Crippen LogP contribution in [-0.4, -0.2) is 88.1 Å². The number of hydrogen-bond acceptors (Lipinski definition) is 8. The lowest BCUT2D eigenvalue weighted by Gasteiger charge is -2.40. The van der Waals surface area contributed by atoms with Gasteiger partial charge in [0.05, 0.1) is 17.7 Å². The molecular weight excluding hydrogens is 750 g/mol. The number of carbonyl (C=O) groups excluding carboxylic acids is 5. The second-order valence-electron chi connectivity index (χ2n) is 17.5. The zero-order valence-corrected chi connectivity index (χ0v) is 32.8. The molecule has 3 fully saturated rings. The normalized spacial score (nSPS) is 23.7. The van der Waals surface area contributed by atoms with E-state index in [4.69, 9.17) is 0 Å². The first-order chi connectivity index (χ1) is 28.5. The summed E-state index contributed by atoms with van der Waals surface area (Å²) in [7, 11) is 0. The summed E-state index contributed by atoms with van der Waals surface area (Å²) in [6.45, 7) is 4.56. The number of rotatable bonds is 6. The van der Waals surface area contributed by atoms with Crippen molar-refractivity contribution in [2.75, 3.05) is 37.6 Å². The van der Waals surface area contributed by atoms with Crippen molar-refractivity contribution >= 4 is 35.2 Å². The lowest BCUT2D eigenvalue weighted by molar-refractivity contribution is -0.136. The number of piperidine rings is 2. The predicted molar refractivity (Wildman–Crippen MR) is 216 cm³/mol. The topological polar surface area (TPSA) is 131 Å². The maximum atomic E-state index is 13.9. The van der Waals surface area contributed by atoms with Crippen LogP contribution < -0.4 is 10.2 Å². The minimum Gasteiger partial charge on any atom is -0.508 e. The zero-order chi connectivity index (χ0) is 40.6. The van der Waals surface area contributed by atoms with E-state index >= 15 is 0 Å². The van der Waals surface area contributed by atoms with E-state index in [0.717, 1.165) is 72.3 Å². The second-order valence-corrected chi connectivity index (χ2v) is 17.5. The van der Waals surface area contributed by atoms with E-state index in [1.54, 1.807) is 30.3 Å². The lowest BCUT2D eigenvalue weighted by Crippen LogP contribution is -2.54. The maximum Gasteiger partial charge on any atom is 0.262 e. The van der Waals surface area contributed by atoms with Gasteiger partial charge in [0.2, 0.25) is 17.7 Å². The molecule has 12 heteroatoms. The van der Waals surface area contributed by atoms with Gasteiger partial charge in [-0.3, -0.25) is 39.1 Å². The minimum atomic E-state index is -1.00. The molecule has 1 unspecified atom stereocenters. The minimum absolute atomic E-state index is 0.0721. The molecule has 302 valence electrons. The molecule has 59 heavy (non-hydrogen) atoms. The molecule has 5 amide bonds. The number of phenolic OH excluding ortho intramolecular Hbond substituents is 1. The fraction of sp³-hybridized carbons (Fsp3) is 0.383. The molecule has 3 saturated heterocycles. The lowest BCUT2D eigenvalue weighted by atomic mass is 9.69. The average Bonchev–Trinajstić information content (AvgIpc) is 3.90. The van der Waals surface area contributed by atoms with E-state index < -0.39 is 29.7 Å². The molecule has 0 radical (unpaired) electrons. The number of aryl methyl sites for hydroxylation is 1. The highest BCUT2D eigenvalue weighted by Crippen LogP contribution is 2.48. The number of nitrogens with one attached hydrogen (secondary N) is 1. The van der Waals surface area contributed by atoms with Crippen LogP contribution in [0.5, 0.6) is 5.75 Å². The van der Waals surface area contributed by atoms with Gasteiger partial charge in [0.25, 0.3) is 11.8 Å². The van der Waals surface area contributed by atoms with E-state index in [0.29, 0.717) is 26.2 Å². The molecule has 3 atom stereocenters. The van der Waals surface area contributed by atoms with Gasteiger partial charge in [0.15, 0.2) is 0 Å². The summed E-state index contributed by atoms with van der Waals surface area (Å²) in [5.74, 6) is -1.67. The number of phenols is 1. The summed E-state index contributed by atoms with van der Waals surface area (Å²) in [4.78, 5) is 71.9. The standard InChI is InChI=1S/C47H46FN5O6/c48-33-6-1-28(2-7-33)36-11-5-30-21-35(54)10-12-37(30)43(36)29-3-8-34(9-4-29)52-20-17-47(27-52)15-18-51(19-16-47)42(56)26-50-24-31-22-38-39(23-32(31)25-50)46(59)53(45(38)58)40-13-14-41(55)49-44(40)57/h1-4,6-10,12,21-23,36,40,43,54H,5,11,13-20,24-27H2,(H,49,55,57)/t36-,40?,43+/m1/s1. The number of amides is 5. The van der Waals surface area contributed by atoms with Crippen LogP contribution in [0.2, 0.25) is 0 Å². The van der Waals surface area contributed by atoms with Crippen LogP contribution in [-0.2, 0) is 33.9 Å². The molecule has 1 spiro atoms. The molecule has 0 saturated carbocycles. The Bertz CT molecular complexity index is 2360. The third-order valence-electron chi connectivity index (χ3n) is 14.0. The van der Waals surface area contributed by atoms with Crippen molar-refractivity contribution in [2.24, 2.45) is 5.41 Å². The van der Waals surface area contributed by atoms with Gasteiger partial charge in [-0.2, -0.15) is 0 Å². The number of nitrogens with zero attached hydrogens (tertiary/aromatic N) is 4. The molecule has 5 heterocycles. The Morgan fingerprint density at radius 2 is 1.42 bits per heavy atom. The Morgan fingerprint density at radius 1 is 0.763 bits per heavy atom. The molecule has 11 nitrogen and oxygen atoms in total. The first-order valence-corrected chi connectivity index (χ1v) is 20.8. The monoisotopic (exact) mass is 795 g/mol. The molecule has 4 aromatic carbocycles. The summed E-state index contributed by atoms with van der Waals surface area (Å²) < 4.78 is 13.9. The van der Waals surface area contributed by atoms with E-state index in [2.05, 4.69) is 39.4 Å². The van der Waals surface area contributed by atoms with Gasteiger partial charge < -0.3 is 14.9 Å². The van der Waals surface area contributed by atoms with Gasteiger partial charge in [-0.1, -0.05) is 30.3 Å². The van der Waals surface area contributed by atoms with E-state index in [1.165, 1.54) is 16.8 Å². The molecule has 6 aliphatic rings. The number of benzene rings is 4. The van der Waals surface area contributed by atoms with Crippen molar-refractivity contribution in [1.29, 1.82) is 0 Å². The number of fused-ring (bicyclic) bond motifs is 3. The smallest absolute Gasteiger partial charge is 0.262 e. The fourth-order valence-electron chi connectivity index (χ4n) is 10.8. The fourth-order valence-corrected chi connectivity index (χ4v) is 10.8. The number of aromatic hydroxyl groups is 1. The van der Waals surface area contributed by atoms with Crippen molar-refractivity contribution in [3.05, 3.63) is 129 Å². The third-order valence-corrected chi connectivity index (χ3v) is 14.0. The van der Waals surface area contributed by atoms with Gasteiger partial charge in [0, 0.05) is 57.3 Å². The largest absolute Gasteiger partial charge is 0.508 e. The first kappa shape index (κ1) is 37.4. The average molecular weight is 796 g/mol. The summed E-state index contributed by atoms with van der Waals surface area (Å²) in [6.07, 6.45) is 4.92. The summed E-state index contributed by atoms with van der Waals surface area (Å²) in [5, 5.41) is 12.5. The van der Waals surface area contributed by atoms with Gasteiger partial charge in [0.1, 0.15) is 17.6 Å². The molecule has 4 aromatic rings. The van der Waals surface area contributed by atoms with E-state index in [9.17, 15) is 33.5 Å². The second kappa shape index (κ2) is 14.4. The van der Waals surface area contributed by atoms with Gasteiger partial charge in [-0.15, -0.1) is 0 Å². The van der Waals surface area contributed by atoms with Crippen molar-refractivity contribution in [2.45, 2.75) is 75.9 Å². The summed E-state index contributed by atoms with van der Waals surface area (Å²) >= 11 is 0. The van der Waals surface area contributed by atoms with E-state index in [1.807, 2.05) is 29.2 Å². The third kappa shape index (κ3) is 6.67. The van der Waals surface area contributed by atoms with Crippen LogP contribution in [0.1, 0.15) is 104 Å². The van der Waals surface area contributed by atoms with Crippen LogP contribution in [0.15, 0.2) is 78.9 Å². The number of halogens is 1. The number of carbonyl (C=O) groups is 5. The van der Waals surface area contributed by atoms with Crippen molar-refractivity contribution < 1.29 is 33.5 Å². The highest BCUT2D eigenvalue weighted by Gasteiger charge is 2.46. The molecule has 0 aromatic heterocycles. The number of likely N-dealkylation sites (tertiary alicyclic amines) is 1. The Balaban J connectivity index is 0.754.